The molecule has 0 atom stereocenters. The van der Waals surface area contributed by atoms with Crippen molar-refractivity contribution in [3.05, 3.63) is 39.9 Å². The number of fused-ring (bicyclic) bond motifs is 5. The molecular formula is C14H10N4O2. The van der Waals surface area contributed by atoms with Gasteiger partial charge < -0.3 is 4.42 Å². The zero-order valence-corrected chi connectivity index (χ0v) is 10.9. The number of hydrogen-bond acceptors (Lipinski definition) is 5. The van der Waals surface area contributed by atoms with Crippen LogP contribution in [0.2, 0.25) is 0 Å². The largest absolute Gasteiger partial charge is 0.423 e. The van der Waals surface area contributed by atoms with Crippen molar-refractivity contribution >= 4 is 32.9 Å². The summed E-state index contributed by atoms with van der Waals surface area (Å²) in [6.07, 6.45) is 0. The minimum atomic E-state index is -0.368. The maximum absolute atomic E-state index is 11.4. The Hall–Kier alpha value is -2.76. The predicted molar refractivity (Wildman–Crippen MR) is 74.7 cm³/mol. The van der Waals surface area contributed by atoms with Crippen LogP contribution >= 0.6 is 0 Å². The third-order valence-corrected chi connectivity index (χ3v) is 3.49. The number of nitrogens with one attached hydrogen (secondary N) is 1. The summed E-state index contributed by atoms with van der Waals surface area (Å²) in [4.78, 5) is 11.4. The SMILES string of the molecule is Cc1[nH]nc2c1nnc1c(C)cc3oc(=O)ccc3c12. The van der Waals surface area contributed by atoms with E-state index >= 15 is 0 Å². The zero-order valence-electron chi connectivity index (χ0n) is 10.9. The van der Waals surface area contributed by atoms with E-state index in [2.05, 4.69) is 20.4 Å². The second-order valence-corrected chi connectivity index (χ2v) is 4.83. The van der Waals surface area contributed by atoms with Gasteiger partial charge >= 0.3 is 5.63 Å². The number of rotatable bonds is 0. The minimum absolute atomic E-state index is 0.368. The number of aryl methyl sites for hydroxylation is 2. The van der Waals surface area contributed by atoms with Gasteiger partial charge in [-0.2, -0.15) is 5.10 Å². The van der Waals surface area contributed by atoms with E-state index in [1.165, 1.54) is 6.07 Å². The molecule has 0 bridgehead atoms. The average Bonchev–Trinajstić information content (AvgIpc) is 2.80. The molecule has 3 aromatic heterocycles. The van der Waals surface area contributed by atoms with Crippen LogP contribution in [0.5, 0.6) is 0 Å². The maximum atomic E-state index is 11.4. The summed E-state index contributed by atoms with van der Waals surface area (Å²) in [5.74, 6) is 0. The maximum Gasteiger partial charge on any atom is 0.336 e. The summed E-state index contributed by atoms with van der Waals surface area (Å²) >= 11 is 0. The fourth-order valence-electron chi connectivity index (χ4n) is 2.52. The summed E-state index contributed by atoms with van der Waals surface area (Å²) in [6.45, 7) is 3.81. The number of H-pyrrole nitrogens is 1. The van der Waals surface area contributed by atoms with Crippen molar-refractivity contribution in [2.45, 2.75) is 13.8 Å². The standard InChI is InChI=1S/C14H10N4O2/c1-6-5-9-8(3-4-10(19)20-9)11-12(6)16-17-13-7(2)15-18-14(11)13/h3-5H,1-2H3,(H,15,18). The molecule has 1 N–H and O–H groups in total. The van der Waals surface area contributed by atoms with Crippen LogP contribution in [0, 0.1) is 13.8 Å². The van der Waals surface area contributed by atoms with Crippen molar-refractivity contribution < 1.29 is 4.42 Å². The van der Waals surface area contributed by atoms with E-state index in [1.54, 1.807) is 12.1 Å². The van der Waals surface area contributed by atoms with E-state index in [1.807, 2.05) is 13.8 Å². The third kappa shape index (κ3) is 1.33. The second kappa shape index (κ2) is 3.63. The normalized spacial score (nSPS) is 11.7. The van der Waals surface area contributed by atoms with Crippen molar-refractivity contribution in [1.82, 2.24) is 20.4 Å². The highest BCUT2D eigenvalue weighted by molar-refractivity contribution is 6.16. The van der Waals surface area contributed by atoms with Crippen LogP contribution < -0.4 is 5.63 Å². The predicted octanol–water partition coefficient (Wildman–Crippen LogP) is 2.23. The van der Waals surface area contributed by atoms with Crippen molar-refractivity contribution in [1.29, 1.82) is 0 Å². The quantitative estimate of drug-likeness (QED) is 0.389. The molecule has 6 nitrogen and oxygen atoms in total. The van der Waals surface area contributed by atoms with E-state index in [-0.39, 0.29) is 5.63 Å². The lowest BCUT2D eigenvalue weighted by atomic mass is 10.1. The van der Waals surface area contributed by atoms with E-state index < -0.39 is 0 Å². The van der Waals surface area contributed by atoms with Crippen molar-refractivity contribution in [2.75, 3.05) is 0 Å². The van der Waals surface area contributed by atoms with Gasteiger partial charge in [-0.25, -0.2) is 4.79 Å². The van der Waals surface area contributed by atoms with E-state index in [0.717, 1.165) is 38.6 Å². The topological polar surface area (TPSA) is 84.7 Å². The molecule has 98 valence electrons. The number of hydrogen-bond donors (Lipinski definition) is 1. The molecule has 4 aromatic rings. The lowest BCUT2D eigenvalue weighted by molar-refractivity contribution is 0.561. The minimum Gasteiger partial charge on any atom is -0.423 e. The Morgan fingerprint density at radius 1 is 1.10 bits per heavy atom. The Morgan fingerprint density at radius 3 is 2.75 bits per heavy atom. The third-order valence-electron chi connectivity index (χ3n) is 3.49. The van der Waals surface area contributed by atoms with Crippen LogP contribution in [0.4, 0.5) is 0 Å². The summed E-state index contributed by atoms with van der Waals surface area (Å²) in [7, 11) is 0. The lowest BCUT2D eigenvalue weighted by Crippen LogP contribution is -1.97. The zero-order chi connectivity index (χ0) is 13.9. The van der Waals surface area contributed by atoms with Crippen LogP contribution in [0.25, 0.3) is 32.9 Å². The van der Waals surface area contributed by atoms with Gasteiger partial charge in [-0.05, 0) is 31.5 Å². The van der Waals surface area contributed by atoms with Crippen LogP contribution in [-0.4, -0.2) is 20.4 Å². The Balaban J connectivity index is 2.39. The molecule has 20 heavy (non-hydrogen) atoms. The average molecular weight is 266 g/mol. The molecule has 0 fully saturated rings. The summed E-state index contributed by atoms with van der Waals surface area (Å²) in [5.41, 5.74) is 4.18. The Kier molecular flexibility index (Phi) is 2.01. The number of aromatic nitrogens is 4. The fourth-order valence-corrected chi connectivity index (χ4v) is 2.52. The van der Waals surface area contributed by atoms with Gasteiger partial charge in [0.25, 0.3) is 0 Å². The van der Waals surface area contributed by atoms with E-state index in [4.69, 9.17) is 4.42 Å². The lowest BCUT2D eigenvalue weighted by Gasteiger charge is -2.05. The van der Waals surface area contributed by atoms with Crippen LogP contribution in [-0.2, 0) is 0 Å². The molecule has 1 aromatic carbocycles. The first kappa shape index (κ1) is 11.1. The summed E-state index contributed by atoms with van der Waals surface area (Å²) in [5, 5.41) is 17.4. The Labute approximate surface area is 112 Å². The van der Waals surface area contributed by atoms with Crippen molar-refractivity contribution in [2.24, 2.45) is 0 Å². The van der Waals surface area contributed by atoms with Crippen LogP contribution in [0.3, 0.4) is 0 Å². The van der Waals surface area contributed by atoms with E-state index in [0.29, 0.717) is 5.58 Å². The molecule has 0 radical (unpaired) electrons. The highest BCUT2D eigenvalue weighted by atomic mass is 16.4. The van der Waals surface area contributed by atoms with Gasteiger partial charge in [-0.15, -0.1) is 10.2 Å². The molecule has 0 saturated heterocycles. The van der Waals surface area contributed by atoms with Crippen molar-refractivity contribution in [3.8, 4) is 0 Å². The monoisotopic (exact) mass is 266 g/mol. The first-order valence-electron chi connectivity index (χ1n) is 6.19. The smallest absolute Gasteiger partial charge is 0.336 e. The second-order valence-electron chi connectivity index (χ2n) is 4.83. The van der Waals surface area contributed by atoms with Gasteiger partial charge in [0.15, 0.2) is 0 Å². The number of nitrogens with zero attached hydrogens (tertiary/aromatic N) is 3. The Morgan fingerprint density at radius 2 is 1.90 bits per heavy atom. The fraction of sp³-hybridized carbons (Fsp3) is 0.143. The van der Waals surface area contributed by atoms with Crippen molar-refractivity contribution in [3.63, 3.8) is 0 Å². The molecule has 0 saturated carbocycles. The molecule has 3 heterocycles. The number of aromatic amines is 1. The highest BCUT2D eigenvalue weighted by Crippen LogP contribution is 2.30. The van der Waals surface area contributed by atoms with Crippen LogP contribution in [0.1, 0.15) is 11.3 Å². The van der Waals surface area contributed by atoms with Crippen LogP contribution in [0.15, 0.2) is 27.4 Å². The molecule has 0 spiro atoms. The summed E-state index contributed by atoms with van der Waals surface area (Å²) in [6, 6.07) is 4.95. The van der Waals surface area contributed by atoms with E-state index in [9.17, 15) is 4.79 Å². The first-order valence-corrected chi connectivity index (χ1v) is 6.19. The molecule has 0 aliphatic carbocycles. The van der Waals surface area contributed by atoms with Gasteiger partial charge in [0, 0.05) is 16.8 Å². The first-order chi connectivity index (χ1) is 9.65. The molecule has 6 heteroatoms. The molecule has 0 aliphatic rings. The molecule has 0 aliphatic heterocycles. The molecule has 4 rings (SSSR count). The Bertz CT molecular complexity index is 1050. The molecular weight excluding hydrogens is 256 g/mol. The van der Waals surface area contributed by atoms with Gasteiger partial charge in [0.05, 0.1) is 11.2 Å². The number of benzene rings is 1. The van der Waals surface area contributed by atoms with Gasteiger partial charge in [0.1, 0.15) is 16.6 Å². The molecule has 0 amide bonds. The summed E-state index contributed by atoms with van der Waals surface area (Å²) < 4.78 is 5.26. The van der Waals surface area contributed by atoms with Gasteiger partial charge in [-0.1, -0.05) is 0 Å². The van der Waals surface area contributed by atoms with Gasteiger partial charge in [0.2, 0.25) is 0 Å². The highest BCUT2D eigenvalue weighted by Gasteiger charge is 2.14. The van der Waals surface area contributed by atoms with Gasteiger partial charge in [-0.3, -0.25) is 5.10 Å². The molecule has 0 unspecified atom stereocenters.